The molecule has 0 atom stereocenters. The van der Waals surface area contributed by atoms with E-state index in [1.54, 1.807) is 0 Å². The maximum atomic E-state index is 6.33. The molecule has 7 aromatic carbocycles. The lowest BCUT2D eigenvalue weighted by atomic mass is 9.92. The Labute approximate surface area is 276 Å². The maximum absolute atomic E-state index is 6.33. The molecule has 4 nitrogen and oxygen atoms in total. The molecule has 0 bridgehead atoms. The molecule has 10 rings (SSSR count). The first-order chi connectivity index (χ1) is 23.7. The summed E-state index contributed by atoms with van der Waals surface area (Å²) in [7, 11) is 0. The second-order valence-electron chi connectivity index (χ2n) is 12.2. The summed E-state index contributed by atoms with van der Waals surface area (Å²) in [5.74, 6) is 2.48. The minimum absolute atomic E-state index is 0.688. The second kappa shape index (κ2) is 10.5. The van der Waals surface area contributed by atoms with Gasteiger partial charge in [-0.05, 0) is 70.6 Å². The fourth-order valence-corrected chi connectivity index (χ4v) is 6.92. The Morgan fingerprint density at radius 1 is 0.396 bits per heavy atom. The van der Waals surface area contributed by atoms with Crippen molar-refractivity contribution in [3.63, 3.8) is 0 Å². The van der Waals surface area contributed by atoms with Crippen LogP contribution in [-0.4, -0.2) is 9.97 Å². The highest BCUT2D eigenvalue weighted by atomic mass is 16.5. The molecule has 0 saturated carbocycles. The fourth-order valence-electron chi connectivity index (χ4n) is 6.92. The summed E-state index contributed by atoms with van der Waals surface area (Å²) < 4.78 is 12.4. The van der Waals surface area contributed by atoms with E-state index in [2.05, 4.69) is 103 Å². The van der Waals surface area contributed by atoms with Crippen LogP contribution in [0.2, 0.25) is 0 Å². The average molecular weight is 615 g/mol. The first-order valence-electron chi connectivity index (χ1n) is 16.1. The molecule has 0 N–H and O–H groups in total. The number of rotatable bonds is 4. The lowest BCUT2D eigenvalue weighted by Crippen LogP contribution is -1.97. The summed E-state index contributed by atoms with van der Waals surface area (Å²) in [4.78, 5) is 10.1. The summed E-state index contributed by atoms with van der Waals surface area (Å²) in [6.45, 7) is 0. The number of furan rings is 1. The number of para-hydroxylation sites is 1. The number of ether oxygens (including phenoxy) is 1. The fraction of sp³-hybridized carbons (Fsp3) is 0. The van der Waals surface area contributed by atoms with E-state index in [0.29, 0.717) is 5.82 Å². The monoisotopic (exact) mass is 614 g/mol. The van der Waals surface area contributed by atoms with Crippen molar-refractivity contribution in [1.82, 2.24) is 9.97 Å². The van der Waals surface area contributed by atoms with Gasteiger partial charge in [-0.15, -0.1) is 0 Å². The van der Waals surface area contributed by atoms with Gasteiger partial charge < -0.3 is 9.15 Å². The Morgan fingerprint density at radius 2 is 1.10 bits per heavy atom. The van der Waals surface area contributed by atoms with Crippen LogP contribution in [0, 0.1) is 0 Å². The van der Waals surface area contributed by atoms with Crippen LogP contribution in [0.25, 0.3) is 88.9 Å². The first-order valence-corrected chi connectivity index (χ1v) is 16.1. The summed E-state index contributed by atoms with van der Waals surface area (Å²) in [5, 5.41) is 4.51. The third kappa shape index (κ3) is 4.31. The van der Waals surface area contributed by atoms with Crippen molar-refractivity contribution in [3.8, 4) is 67.7 Å². The first kappa shape index (κ1) is 26.7. The zero-order valence-electron chi connectivity index (χ0n) is 25.7. The standard InChI is InChI=1S/C44H26N2O2/c1-2-8-30(9-3-1)44-45-37(26-38(46-44)32-21-23-40-35(25-32)33-12-4-5-14-39(33)47-40)28-18-16-27(17-19-28)31-20-22-41-36(24-31)34-13-6-10-29-11-7-15-42(48-41)43(29)34/h1-26H. The van der Waals surface area contributed by atoms with Crippen molar-refractivity contribution in [2.45, 2.75) is 0 Å². The van der Waals surface area contributed by atoms with Gasteiger partial charge in [0, 0.05) is 38.4 Å². The van der Waals surface area contributed by atoms with Crippen LogP contribution in [-0.2, 0) is 0 Å². The molecule has 48 heavy (non-hydrogen) atoms. The Kier molecular flexibility index (Phi) is 5.84. The van der Waals surface area contributed by atoms with Crippen molar-refractivity contribution in [1.29, 1.82) is 0 Å². The zero-order chi connectivity index (χ0) is 31.6. The Balaban J connectivity index is 1.06. The number of fused-ring (bicyclic) bond motifs is 5. The smallest absolute Gasteiger partial charge is 0.160 e. The van der Waals surface area contributed by atoms with Crippen LogP contribution in [0.3, 0.4) is 0 Å². The van der Waals surface area contributed by atoms with Gasteiger partial charge in [-0.3, -0.25) is 0 Å². The molecule has 4 heteroatoms. The van der Waals surface area contributed by atoms with E-state index in [1.807, 2.05) is 54.6 Å². The van der Waals surface area contributed by atoms with Crippen molar-refractivity contribution in [2.75, 3.05) is 0 Å². The van der Waals surface area contributed by atoms with E-state index in [-0.39, 0.29) is 0 Å². The lowest BCUT2D eigenvalue weighted by molar-refractivity contribution is 0.487. The van der Waals surface area contributed by atoms with Crippen LogP contribution in [0.5, 0.6) is 11.5 Å². The Morgan fingerprint density at radius 3 is 1.98 bits per heavy atom. The van der Waals surface area contributed by atoms with Gasteiger partial charge in [-0.25, -0.2) is 9.97 Å². The van der Waals surface area contributed by atoms with Gasteiger partial charge in [0.1, 0.15) is 22.7 Å². The van der Waals surface area contributed by atoms with Gasteiger partial charge in [0.2, 0.25) is 0 Å². The molecule has 1 aliphatic rings. The van der Waals surface area contributed by atoms with Crippen LogP contribution in [0.1, 0.15) is 0 Å². The Bertz CT molecular complexity index is 2690. The maximum Gasteiger partial charge on any atom is 0.160 e. The molecule has 3 heterocycles. The minimum atomic E-state index is 0.688. The van der Waals surface area contributed by atoms with E-state index in [4.69, 9.17) is 19.1 Å². The number of aromatic nitrogens is 2. The normalized spacial score (nSPS) is 11.9. The largest absolute Gasteiger partial charge is 0.456 e. The number of hydrogen-bond acceptors (Lipinski definition) is 4. The summed E-state index contributed by atoms with van der Waals surface area (Å²) in [6.07, 6.45) is 0. The van der Waals surface area contributed by atoms with Crippen molar-refractivity contribution < 1.29 is 9.15 Å². The van der Waals surface area contributed by atoms with Crippen LogP contribution in [0.4, 0.5) is 0 Å². The summed E-state index contributed by atoms with van der Waals surface area (Å²) in [6, 6.07) is 54.4. The van der Waals surface area contributed by atoms with E-state index >= 15 is 0 Å². The number of hydrogen-bond donors (Lipinski definition) is 0. The van der Waals surface area contributed by atoms with E-state index in [9.17, 15) is 0 Å². The van der Waals surface area contributed by atoms with Crippen molar-refractivity contribution in [2.24, 2.45) is 0 Å². The highest BCUT2D eigenvalue weighted by Crippen LogP contribution is 2.47. The highest BCUT2D eigenvalue weighted by Gasteiger charge is 2.20. The average Bonchev–Trinajstić information content (AvgIpc) is 3.53. The second-order valence-corrected chi connectivity index (χ2v) is 12.2. The van der Waals surface area contributed by atoms with Crippen LogP contribution < -0.4 is 4.74 Å². The quantitative estimate of drug-likeness (QED) is 0.198. The molecule has 1 aliphatic heterocycles. The Hall–Kier alpha value is -6.52. The molecule has 0 aliphatic carbocycles. The van der Waals surface area contributed by atoms with Crippen molar-refractivity contribution in [3.05, 3.63) is 158 Å². The van der Waals surface area contributed by atoms with E-state index < -0.39 is 0 Å². The molecule has 0 spiro atoms. The van der Waals surface area contributed by atoms with Gasteiger partial charge in [0.05, 0.1) is 11.4 Å². The third-order valence-corrected chi connectivity index (χ3v) is 9.30. The van der Waals surface area contributed by atoms with Gasteiger partial charge in [0.25, 0.3) is 0 Å². The molecule has 2 aromatic heterocycles. The third-order valence-electron chi connectivity index (χ3n) is 9.30. The summed E-state index contributed by atoms with van der Waals surface area (Å²) >= 11 is 0. The lowest BCUT2D eigenvalue weighted by Gasteiger charge is -2.22. The van der Waals surface area contributed by atoms with Gasteiger partial charge in [-0.1, -0.05) is 109 Å². The molecule has 0 fully saturated rings. The van der Waals surface area contributed by atoms with Crippen LogP contribution >= 0.6 is 0 Å². The molecule has 0 unspecified atom stereocenters. The number of nitrogens with zero attached hydrogens (tertiary/aromatic N) is 2. The molecule has 0 amide bonds. The van der Waals surface area contributed by atoms with E-state index in [0.717, 1.165) is 83.6 Å². The molecule has 0 saturated heterocycles. The predicted molar refractivity (Wildman–Crippen MR) is 194 cm³/mol. The topological polar surface area (TPSA) is 48.2 Å². The molecule has 0 radical (unpaired) electrons. The SMILES string of the molecule is c1ccc(-c2nc(-c3ccc(-c4ccc5c(c4)-c4cccc6cccc(c46)O5)cc3)cc(-c3ccc4oc5ccccc5c4c3)n2)cc1. The van der Waals surface area contributed by atoms with Gasteiger partial charge in [-0.2, -0.15) is 0 Å². The van der Waals surface area contributed by atoms with Gasteiger partial charge in [0.15, 0.2) is 5.82 Å². The molecular formula is C44H26N2O2. The predicted octanol–water partition coefficient (Wildman–Crippen LogP) is 12.0. The minimum Gasteiger partial charge on any atom is -0.456 e. The van der Waals surface area contributed by atoms with E-state index in [1.165, 1.54) is 10.9 Å². The van der Waals surface area contributed by atoms with Crippen LogP contribution in [0.15, 0.2) is 162 Å². The zero-order valence-corrected chi connectivity index (χ0v) is 25.7. The number of benzene rings is 7. The molecule has 9 aromatic rings. The molecule has 224 valence electrons. The highest BCUT2D eigenvalue weighted by molar-refractivity contribution is 6.06. The molecular weight excluding hydrogens is 588 g/mol. The van der Waals surface area contributed by atoms with Gasteiger partial charge >= 0.3 is 0 Å². The van der Waals surface area contributed by atoms with Crippen molar-refractivity contribution >= 4 is 32.7 Å². The summed E-state index contributed by atoms with van der Waals surface area (Å²) in [5.41, 5.74) is 11.0.